The molecule has 1 heterocycles. The van der Waals surface area contributed by atoms with Gasteiger partial charge in [0.1, 0.15) is 0 Å². The molecule has 1 aliphatic heterocycles. The third-order valence-corrected chi connectivity index (χ3v) is 3.34. The predicted molar refractivity (Wildman–Crippen MR) is 68.6 cm³/mol. The highest BCUT2D eigenvalue weighted by Crippen LogP contribution is 2.12. The molecule has 3 heteroatoms. The van der Waals surface area contributed by atoms with Gasteiger partial charge in [0.2, 0.25) is 0 Å². The standard InChI is InChI=1S/C13H28N2O/c1-12(14-10-13(2,3)11-16)9-15-7-5-4-6-8-15/h12,14,16H,4-11H2,1-3H3. The zero-order valence-electron chi connectivity index (χ0n) is 11.1. The highest BCUT2D eigenvalue weighted by molar-refractivity contribution is 4.75. The Kier molecular flexibility index (Phi) is 5.73. The van der Waals surface area contributed by atoms with E-state index in [0.29, 0.717) is 6.04 Å². The van der Waals surface area contributed by atoms with E-state index in [2.05, 4.69) is 31.0 Å². The van der Waals surface area contributed by atoms with Crippen LogP contribution in [-0.4, -0.2) is 48.8 Å². The predicted octanol–water partition coefficient (Wildman–Crippen LogP) is 1.47. The van der Waals surface area contributed by atoms with Crippen LogP contribution in [0.3, 0.4) is 0 Å². The number of nitrogens with one attached hydrogen (secondary N) is 1. The van der Waals surface area contributed by atoms with Crippen molar-refractivity contribution in [3.63, 3.8) is 0 Å². The first-order valence-corrected chi connectivity index (χ1v) is 6.60. The molecule has 16 heavy (non-hydrogen) atoms. The zero-order valence-corrected chi connectivity index (χ0v) is 11.1. The van der Waals surface area contributed by atoms with E-state index in [1.807, 2.05) is 0 Å². The lowest BCUT2D eigenvalue weighted by Gasteiger charge is -2.31. The van der Waals surface area contributed by atoms with Gasteiger partial charge in [-0.25, -0.2) is 0 Å². The van der Waals surface area contributed by atoms with E-state index < -0.39 is 0 Å². The second kappa shape index (κ2) is 6.58. The van der Waals surface area contributed by atoms with Crippen LogP contribution in [0.15, 0.2) is 0 Å². The van der Waals surface area contributed by atoms with Crippen molar-refractivity contribution in [3.05, 3.63) is 0 Å². The fraction of sp³-hybridized carbons (Fsp3) is 1.00. The summed E-state index contributed by atoms with van der Waals surface area (Å²) in [5, 5.41) is 12.7. The number of piperidine rings is 1. The lowest BCUT2D eigenvalue weighted by molar-refractivity contribution is 0.146. The molecule has 0 radical (unpaired) electrons. The third-order valence-electron chi connectivity index (χ3n) is 3.34. The highest BCUT2D eigenvalue weighted by Gasteiger charge is 2.18. The molecule has 1 fully saturated rings. The van der Waals surface area contributed by atoms with E-state index in [1.165, 1.54) is 32.4 Å². The topological polar surface area (TPSA) is 35.5 Å². The van der Waals surface area contributed by atoms with E-state index in [1.54, 1.807) is 0 Å². The van der Waals surface area contributed by atoms with Gasteiger partial charge in [-0.1, -0.05) is 20.3 Å². The van der Waals surface area contributed by atoms with Crippen molar-refractivity contribution < 1.29 is 5.11 Å². The number of likely N-dealkylation sites (tertiary alicyclic amines) is 1. The van der Waals surface area contributed by atoms with Crippen molar-refractivity contribution in [2.75, 3.05) is 32.8 Å². The largest absolute Gasteiger partial charge is 0.396 e. The van der Waals surface area contributed by atoms with Crippen molar-refractivity contribution >= 4 is 0 Å². The van der Waals surface area contributed by atoms with E-state index in [0.717, 1.165) is 13.1 Å². The first-order chi connectivity index (χ1) is 7.53. The number of nitrogens with zero attached hydrogens (tertiary/aromatic N) is 1. The van der Waals surface area contributed by atoms with Crippen molar-refractivity contribution in [2.45, 2.75) is 46.1 Å². The molecule has 1 atom stereocenters. The van der Waals surface area contributed by atoms with Crippen LogP contribution in [0.5, 0.6) is 0 Å². The molecule has 0 aliphatic carbocycles. The minimum Gasteiger partial charge on any atom is -0.396 e. The number of aliphatic hydroxyl groups is 1. The van der Waals surface area contributed by atoms with Crippen LogP contribution in [0.1, 0.15) is 40.0 Å². The molecule has 96 valence electrons. The molecule has 2 N–H and O–H groups in total. The lowest BCUT2D eigenvalue weighted by Crippen LogP contribution is -2.44. The first-order valence-electron chi connectivity index (χ1n) is 6.60. The molecule has 0 bridgehead atoms. The fourth-order valence-corrected chi connectivity index (χ4v) is 2.10. The van der Waals surface area contributed by atoms with Crippen LogP contribution >= 0.6 is 0 Å². The Hall–Kier alpha value is -0.120. The summed E-state index contributed by atoms with van der Waals surface area (Å²) in [4.78, 5) is 2.55. The average Bonchev–Trinajstić information content (AvgIpc) is 2.28. The van der Waals surface area contributed by atoms with E-state index in [9.17, 15) is 5.11 Å². The van der Waals surface area contributed by atoms with Gasteiger partial charge in [0.15, 0.2) is 0 Å². The third kappa shape index (κ3) is 5.28. The van der Waals surface area contributed by atoms with Gasteiger partial charge in [-0.15, -0.1) is 0 Å². The van der Waals surface area contributed by atoms with Gasteiger partial charge in [-0.3, -0.25) is 0 Å². The SMILES string of the molecule is CC(CN1CCCCC1)NCC(C)(C)CO. The maximum absolute atomic E-state index is 9.18. The van der Waals surface area contributed by atoms with Gasteiger partial charge < -0.3 is 15.3 Å². The molecule has 1 aliphatic rings. The van der Waals surface area contributed by atoms with Crippen molar-refractivity contribution in [1.82, 2.24) is 10.2 Å². The van der Waals surface area contributed by atoms with E-state index >= 15 is 0 Å². The summed E-state index contributed by atoms with van der Waals surface area (Å²) in [5.74, 6) is 0. The quantitative estimate of drug-likeness (QED) is 0.722. The number of hydrogen-bond acceptors (Lipinski definition) is 3. The Bertz CT molecular complexity index is 188. The van der Waals surface area contributed by atoms with Crippen LogP contribution in [-0.2, 0) is 0 Å². The second-order valence-electron chi connectivity index (χ2n) is 5.97. The van der Waals surface area contributed by atoms with Crippen LogP contribution < -0.4 is 5.32 Å². The Morgan fingerprint density at radius 3 is 2.44 bits per heavy atom. The van der Waals surface area contributed by atoms with E-state index in [-0.39, 0.29) is 12.0 Å². The smallest absolute Gasteiger partial charge is 0.0494 e. The Morgan fingerprint density at radius 2 is 1.88 bits per heavy atom. The summed E-state index contributed by atoms with van der Waals surface area (Å²) in [6, 6.07) is 0.518. The van der Waals surface area contributed by atoms with Gasteiger partial charge in [0.05, 0.1) is 0 Å². The molecule has 0 spiro atoms. The maximum atomic E-state index is 9.18. The summed E-state index contributed by atoms with van der Waals surface area (Å²) in [7, 11) is 0. The number of hydrogen-bond donors (Lipinski definition) is 2. The average molecular weight is 228 g/mol. The summed E-state index contributed by atoms with van der Waals surface area (Å²) >= 11 is 0. The molecule has 1 unspecified atom stereocenters. The molecule has 0 amide bonds. The lowest BCUT2D eigenvalue weighted by atomic mass is 9.94. The second-order valence-corrected chi connectivity index (χ2v) is 5.97. The highest BCUT2D eigenvalue weighted by atomic mass is 16.3. The minimum atomic E-state index is -0.00381. The van der Waals surface area contributed by atoms with Crippen LogP contribution in [0.4, 0.5) is 0 Å². The Labute approximate surface area is 100 Å². The Balaban J connectivity index is 2.17. The first kappa shape index (κ1) is 13.9. The molecule has 0 saturated carbocycles. The fourth-order valence-electron chi connectivity index (χ4n) is 2.10. The van der Waals surface area contributed by atoms with Crippen molar-refractivity contribution in [2.24, 2.45) is 5.41 Å². The molecular weight excluding hydrogens is 200 g/mol. The Morgan fingerprint density at radius 1 is 1.25 bits per heavy atom. The van der Waals surface area contributed by atoms with E-state index in [4.69, 9.17) is 0 Å². The van der Waals surface area contributed by atoms with Gasteiger partial charge in [-0.2, -0.15) is 0 Å². The van der Waals surface area contributed by atoms with Gasteiger partial charge in [0, 0.05) is 31.2 Å². The summed E-state index contributed by atoms with van der Waals surface area (Å²) in [6.45, 7) is 11.2. The number of rotatable bonds is 6. The number of aliphatic hydroxyl groups excluding tert-OH is 1. The molecule has 1 rings (SSSR count). The monoisotopic (exact) mass is 228 g/mol. The molecule has 0 aromatic rings. The van der Waals surface area contributed by atoms with Gasteiger partial charge in [-0.05, 0) is 32.9 Å². The minimum absolute atomic E-state index is 0.00381. The summed E-state index contributed by atoms with van der Waals surface area (Å²) < 4.78 is 0. The summed E-state index contributed by atoms with van der Waals surface area (Å²) in [5.41, 5.74) is -0.00381. The van der Waals surface area contributed by atoms with Gasteiger partial charge >= 0.3 is 0 Å². The van der Waals surface area contributed by atoms with Crippen LogP contribution in [0.25, 0.3) is 0 Å². The van der Waals surface area contributed by atoms with Gasteiger partial charge in [0.25, 0.3) is 0 Å². The molecule has 1 saturated heterocycles. The maximum Gasteiger partial charge on any atom is 0.0494 e. The normalized spacial score (nSPS) is 21.0. The molecule has 0 aromatic heterocycles. The van der Waals surface area contributed by atoms with Crippen molar-refractivity contribution in [3.8, 4) is 0 Å². The zero-order chi connectivity index (χ0) is 12.0. The van der Waals surface area contributed by atoms with Crippen LogP contribution in [0.2, 0.25) is 0 Å². The van der Waals surface area contributed by atoms with Crippen molar-refractivity contribution in [1.29, 1.82) is 0 Å². The molecular formula is C13H28N2O. The van der Waals surface area contributed by atoms with Crippen LogP contribution in [0, 0.1) is 5.41 Å². The summed E-state index contributed by atoms with van der Waals surface area (Å²) in [6.07, 6.45) is 4.11. The molecule has 3 nitrogen and oxygen atoms in total. The molecule has 0 aromatic carbocycles.